The molecule has 202 valence electrons. The van der Waals surface area contributed by atoms with Crippen molar-refractivity contribution in [2.75, 3.05) is 24.3 Å². The van der Waals surface area contributed by atoms with E-state index in [1.54, 1.807) is 52.3 Å². The van der Waals surface area contributed by atoms with Crippen molar-refractivity contribution in [3.8, 4) is 22.8 Å². The van der Waals surface area contributed by atoms with Gasteiger partial charge < -0.3 is 19.3 Å². The highest BCUT2D eigenvalue weighted by molar-refractivity contribution is 7.92. The third kappa shape index (κ3) is 5.28. The highest BCUT2D eigenvalue weighted by Crippen LogP contribution is 2.49. The van der Waals surface area contributed by atoms with Crippen molar-refractivity contribution in [3.05, 3.63) is 71.8 Å². The molecule has 39 heavy (non-hydrogen) atoms. The smallest absolute Gasteiger partial charge is 0.263 e. The summed E-state index contributed by atoms with van der Waals surface area (Å²) >= 11 is 0. The second-order valence-corrected chi connectivity index (χ2v) is 10.9. The summed E-state index contributed by atoms with van der Waals surface area (Å²) in [5, 5.41) is 7.06. The first-order valence-corrected chi connectivity index (χ1v) is 13.6. The molecular weight excluding hydrogens is 522 g/mol. The number of rotatable bonds is 9. The van der Waals surface area contributed by atoms with Gasteiger partial charge in [-0.2, -0.15) is 0 Å². The molecule has 2 aromatic carbocycles. The van der Waals surface area contributed by atoms with E-state index < -0.39 is 15.4 Å². The van der Waals surface area contributed by atoms with E-state index in [9.17, 15) is 13.2 Å². The van der Waals surface area contributed by atoms with E-state index in [0.29, 0.717) is 53.0 Å². The van der Waals surface area contributed by atoms with Gasteiger partial charge in [-0.25, -0.2) is 18.4 Å². The fraction of sp³-hybridized carbons (Fsp3) is 0.259. The van der Waals surface area contributed by atoms with Crippen LogP contribution in [0, 0.1) is 13.8 Å². The van der Waals surface area contributed by atoms with Crippen molar-refractivity contribution >= 4 is 27.4 Å². The van der Waals surface area contributed by atoms with Crippen LogP contribution in [0.3, 0.4) is 0 Å². The van der Waals surface area contributed by atoms with Gasteiger partial charge in [0, 0.05) is 29.1 Å². The van der Waals surface area contributed by atoms with Gasteiger partial charge in [0.2, 0.25) is 5.91 Å². The fourth-order valence-corrected chi connectivity index (χ4v) is 5.28. The van der Waals surface area contributed by atoms with Crippen LogP contribution in [-0.4, -0.2) is 43.7 Å². The number of hydrogen-bond donors (Lipinski definition) is 2. The summed E-state index contributed by atoms with van der Waals surface area (Å²) < 4.78 is 44.3. The number of aromatic nitrogens is 3. The van der Waals surface area contributed by atoms with Gasteiger partial charge in [-0.1, -0.05) is 5.16 Å². The van der Waals surface area contributed by atoms with Gasteiger partial charge in [0.25, 0.3) is 10.0 Å². The molecular formula is C27H27N5O6S. The van der Waals surface area contributed by atoms with Crippen LogP contribution in [0.1, 0.15) is 30.1 Å². The van der Waals surface area contributed by atoms with Gasteiger partial charge >= 0.3 is 0 Å². The lowest BCUT2D eigenvalue weighted by Crippen LogP contribution is -2.28. The van der Waals surface area contributed by atoms with Crippen LogP contribution in [0.5, 0.6) is 11.5 Å². The third-order valence-electron chi connectivity index (χ3n) is 6.48. The van der Waals surface area contributed by atoms with Crippen LogP contribution >= 0.6 is 0 Å². The average Bonchev–Trinajstić information content (AvgIpc) is 3.57. The number of methoxy groups -OCH3 is 2. The summed E-state index contributed by atoms with van der Waals surface area (Å²) in [7, 11) is -0.765. The van der Waals surface area contributed by atoms with Crippen LogP contribution in [-0.2, 0) is 20.2 Å². The van der Waals surface area contributed by atoms with Gasteiger partial charge in [-0.3, -0.25) is 9.52 Å². The average molecular weight is 550 g/mol. The molecule has 0 radical (unpaired) electrons. The SMILES string of the molecule is COc1ccc(-c2cc(C3(C(=O)Nc4ccc(S(=O)(=O)Nc5cc(C)nc(C)n5)cc4)CC3)no2)cc1OC. The minimum absolute atomic E-state index is 0.0339. The zero-order chi connectivity index (χ0) is 27.8. The molecule has 0 unspecified atom stereocenters. The predicted octanol–water partition coefficient (Wildman–Crippen LogP) is 4.24. The van der Waals surface area contributed by atoms with E-state index in [0.717, 1.165) is 5.56 Å². The molecule has 0 atom stereocenters. The first kappa shape index (κ1) is 26.2. The Morgan fingerprint density at radius 2 is 1.67 bits per heavy atom. The molecule has 0 bridgehead atoms. The summed E-state index contributed by atoms with van der Waals surface area (Å²) in [5.74, 6) is 2.05. The Kier molecular flexibility index (Phi) is 6.73. The number of aryl methyl sites for hydroxylation is 2. The number of benzene rings is 2. The molecule has 0 spiro atoms. The van der Waals surface area contributed by atoms with Crippen molar-refractivity contribution in [2.24, 2.45) is 0 Å². The molecule has 1 amide bonds. The number of nitrogens with one attached hydrogen (secondary N) is 2. The lowest BCUT2D eigenvalue weighted by molar-refractivity contribution is -0.118. The molecule has 0 saturated heterocycles. The zero-order valence-corrected chi connectivity index (χ0v) is 22.6. The van der Waals surface area contributed by atoms with Crippen LogP contribution in [0.4, 0.5) is 11.5 Å². The molecule has 1 fully saturated rings. The monoisotopic (exact) mass is 549 g/mol. The normalized spacial score (nSPS) is 13.9. The first-order valence-electron chi connectivity index (χ1n) is 12.1. The van der Waals surface area contributed by atoms with Crippen LogP contribution in [0.2, 0.25) is 0 Å². The Morgan fingerprint density at radius 3 is 2.31 bits per heavy atom. The maximum absolute atomic E-state index is 13.2. The van der Waals surface area contributed by atoms with Crippen molar-refractivity contribution < 1.29 is 27.2 Å². The van der Waals surface area contributed by atoms with Crippen LogP contribution in [0.15, 0.2) is 64.0 Å². The number of hydrogen-bond acceptors (Lipinski definition) is 9. The van der Waals surface area contributed by atoms with E-state index in [1.165, 1.54) is 24.3 Å². The highest BCUT2D eigenvalue weighted by atomic mass is 32.2. The zero-order valence-electron chi connectivity index (χ0n) is 21.8. The number of sulfonamides is 1. The van der Waals surface area contributed by atoms with Crippen molar-refractivity contribution in [3.63, 3.8) is 0 Å². The fourth-order valence-electron chi connectivity index (χ4n) is 4.28. The summed E-state index contributed by atoms with van der Waals surface area (Å²) in [4.78, 5) is 21.5. The molecule has 0 aliphatic heterocycles. The Hall–Kier alpha value is -4.45. The van der Waals surface area contributed by atoms with Gasteiger partial charge in [-0.15, -0.1) is 0 Å². The lowest BCUT2D eigenvalue weighted by atomic mass is 10.00. The van der Waals surface area contributed by atoms with E-state index in [2.05, 4.69) is 25.2 Å². The lowest BCUT2D eigenvalue weighted by Gasteiger charge is -2.13. The molecule has 5 rings (SSSR count). The summed E-state index contributed by atoms with van der Waals surface area (Å²) in [5.41, 5.74) is 1.56. The number of carbonyl (C=O) groups excluding carboxylic acids is 1. The minimum Gasteiger partial charge on any atom is -0.493 e. The van der Waals surface area contributed by atoms with E-state index in [-0.39, 0.29) is 16.6 Å². The van der Waals surface area contributed by atoms with Crippen LogP contribution in [0.25, 0.3) is 11.3 Å². The minimum atomic E-state index is -3.88. The number of ether oxygens (including phenoxy) is 2. The molecule has 2 aromatic heterocycles. The topological polar surface area (TPSA) is 146 Å². The number of nitrogens with zero attached hydrogens (tertiary/aromatic N) is 3. The van der Waals surface area contributed by atoms with Crippen molar-refractivity contribution in [2.45, 2.75) is 37.0 Å². The first-order chi connectivity index (χ1) is 18.6. The van der Waals surface area contributed by atoms with Crippen molar-refractivity contribution in [1.29, 1.82) is 0 Å². The molecule has 11 nitrogen and oxygen atoms in total. The predicted molar refractivity (Wildman–Crippen MR) is 143 cm³/mol. The Morgan fingerprint density at radius 1 is 0.949 bits per heavy atom. The second-order valence-electron chi connectivity index (χ2n) is 9.25. The maximum atomic E-state index is 13.2. The second kappa shape index (κ2) is 10.0. The van der Waals surface area contributed by atoms with Gasteiger partial charge in [0.1, 0.15) is 11.6 Å². The number of anilines is 2. The summed E-state index contributed by atoms with van der Waals surface area (Å²) in [6.45, 7) is 3.44. The van der Waals surface area contributed by atoms with Crippen molar-refractivity contribution in [1.82, 2.24) is 15.1 Å². The van der Waals surface area contributed by atoms with E-state index in [4.69, 9.17) is 14.0 Å². The molecule has 4 aromatic rings. The maximum Gasteiger partial charge on any atom is 0.263 e. The van der Waals surface area contributed by atoms with Gasteiger partial charge in [0.05, 0.1) is 30.2 Å². The molecule has 2 N–H and O–H groups in total. The number of amides is 1. The quantitative estimate of drug-likeness (QED) is 0.313. The molecule has 1 aliphatic carbocycles. The Labute approximate surface area is 225 Å². The van der Waals surface area contributed by atoms with Crippen LogP contribution < -0.4 is 19.5 Å². The largest absolute Gasteiger partial charge is 0.493 e. The standard InChI is InChI=1S/C27H27N5O6S/c1-16-13-25(29-17(2)28-16)32-39(34,35)20-8-6-19(7-9-20)30-26(33)27(11-12-27)24-15-22(38-31-24)18-5-10-21(36-3)23(14-18)37-4/h5-10,13-15H,11-12H2,1-4H3,(H,30,33)(H,28,29,32). The van der Waals surface area contributed by atoms with Gasteiger partial charge in [-0.05, 0) is 69.2 Å². The van der Waals surface area contributed by atoms with Gasteiger partial charge in [0.15, 0.2) is 17.3 Å². The summed E-state index contributed by atoms with van der Waals surface area (Å²) in [6.07, 6.45) is 1.23. The Balaban J connectivity index is 1.29. The Bertz CT molecular complexity index is 1630. The highest BCUT2D eigenvalue weighted by Gasteiger charge is 2.53. The van der Waals surface area contributed by atoms with E-state index >= 15 is 0 Å². The molecule has 2 heterocycles. The molecule has 12 heteroatoms. The van der Waals surface area contributed by atoms with E-state index in [1.807, 2.05) is 6.07 Å². The molecule has 1 saturated carbocycles. The summed E-state index contributed by atoms with van der Waals surface area (Å²) in [6, 6.07) is 14.6. The molecule has 1 aliphatic rings. The third-order valence-corrected chi connectivity index (χ3v) is 7.85. The number of carbonyl (C=O) groups is 1.